The van der Waals surface area contributed by atoms with E-state index in [1.54, 1.807) is 34.3 Å². The highest BCUT2D eigenvalue weighted by molar-refractivity contribution is 9.10. The summed E-state index contributed by atoms with van der Waals surface area (Å²) in [5.74, 6) is 1.08. The number of halogens is 1. The molecule has 0 aliphatic rings. The first-order valence-electron chi connectivity index (χ1n) is 5.13. The van der Waals surface area contributed by atoms with Crippen molar-refractivity contribution in [2.75, 3.05) is 31.8 Å². The molecular formula is C10H16BrN5O. The summed E-state index contributed by atoms with van der Waals surface area (Å²) in [6.45, 7) is 1.79. The number of nitrogens with zero attached hydrogens (tertiary/aromatic N) is 3. The van der Waals surface area contributed by atoms with Crippen molar-refractivity contribution in [1.82, 2.24) is 14.9 Å². The second kappa shape index (κ2) is 5.81. The number of aromatic nitrogens is 2. The van der Waals surface area contributed by atoms with E-state index in [2.05, 4.69) is 36.5 Å². The van der Waals surface area contributed by atoms with Crippen molar-refractivity contribution in [3.63, 3.8) is 0 Å². The molecule has 1 unspecified atom stereocenters. The van der Waals surface area contributed by atoms with Gasteiger partial charge in [-0.3, -0.25) is 4.79 Å². The fraction of sp³-hybridized carbons (Fsp3) is 0.500. The minimum absolute atomic E-state index is 0.0125. The lowest BCUT2D eigenvalue weighted by Crippen LogP contribution is -2.37. The zero-order valence-corrected chi connectivity index (χ0v) is 11.9. The summed E-state index contributed by atoms with van der Waals surface area (Å²) in [4.78, 5) is 21.5. The van der Waals surface area contributed by atoms with Crippen LogP contribution >= 0.6 is 15.9 Å². The van der Waals surface area contributed by atoms with E-state index in [1.165, 1.54) is 4.90 Å². The van der Waals surface area contributed by atoms with Gasteiger partial charge < -0.3 is 15.5 Å². The van der Waals surface area contributed by atoms with Crippen LogP contribution in [0.3, 0.4) is 0 Å². The van der Waals surface area contributed by atoms with E-state index in [9.17, 15) is 4.79 Å². The van der Waals surface area contributed by atoms with Gasteiger partial charge in [-0.25, -0.2) is 4.98 Å². The molecule has 2 N–H and O–H groups in total. The lowest BCUT2D eigenvalue weighted by molar-refractivity contribution is -0.129. The van der Waals surface area contributed by atoms with Crippen LogP contribution in [0, 0.1) is 0 Å². The van der Waals surface area contributed by atoms with Crippen molar-refractivity contribution < 1.29 is 4.79 Å². The number of hydrogen-bond donors (Lipinski definition) is 2. The van der Waals surface area contributed by atoms with Crippen LogP contribution in [0.15, 0.2) is 10.7 Å². The molecule has 0 radical (unpaired) electrons. The Kier molecular flexibility index (Phi) is 4.68. The predicted octanol–water partition coefficient (Wildman–Crippen LogP) is 1.17. The quantitative estimate of drug-likeness (QED) is 0.874. The van der Waals surface area contributed by atoms with E-state index in [4.69, 9.17) is 0 Å². The SMILES string of the molecule is CNc1ncc(Br)c(NC(C)C(=O)N(C)C)n1. The van der Waals surface area contributed by atoms with Gasteiger partial charge in [0.25, 0.3) is 0 Å². The van der Waals surface area contributed by atoms with Crippen LogP contribution in [0.2, 0.25) is 0 Å². The third kappa shape index (κ3) is 3.55. The summed E-state index contributed by atoms with van der Waals surface area (Å²) in [5.41, 5.74) is 0. The molecule has 0 aromatic carbocycles. The van der Waals surface area contributed by atoms with E-state index in [-0.39, 0.29) is 11.9 Å². The van der Waals surface area contributed by atoms with Crippen molar-refractivity contribution in [3.8, 4) is 0 Å². The third-order valence-corrected chi connectivity index (χ3v) is 2.71. The molecule has 0 bridgehead atoms. The van der Waals surface area contributed by atoms with Gasteiger partial charge in [0, 0.05) is 27.3 Å². The second-order valence-corrected chi connectivity index (χ2v) is 4.59. The molecule has 1 rings (SSSR count). The lowest BCUT2D eigenvalue weighted by atomic mass is 10.3. The van der Waals surface area contributed by atoms with Crippen molar-refractivity contribution >= 4 is 33.6 Å². The highest BCUT2D eigenvalue weighted by Gasteiger charge is 2.16. The standard InChI is InChI=1S/C10H16BrN5O/c1-6(9(17)16(3)4)14-8-7(11)5-13-10(12-2)15-8/h5-6H,1-4H3,(H2,12,13,14,15). The molecule has 0 fully saturated rings. The average molecular weight is 302 g/mol. The van der Waals surface area contributed by atoms with Gasteiger partial charge in [-0.2, -0.15) is 4.98 Å². The van der Waals surface area contributed by atoms with E-state index in [0.29, 0.717) is 11.8 Å². The first-order valence-corrected chi connectivity index (χ1v) is 5.93. The van der Waals surface area contributed by atoms with Crippen LogP contribution in [0.1, 0.15) is 6.92 Å². The van der Waals surface area contributed by atoms with Crippen LogP contribution in [0.25, 0.3) is 0 Å². The lowest BCUT2D eigenvalue weighted by Gasteiger charge is -2.19. The summed E-state index contributed by atoms with van der Waals surface area (Å²) in [5, 5.41) is 5.88. The number of rotatable bonds is 4. The Morgan fingerprint density at radius 3 is 2.71 bits per heavy atom. The van der Waals surface area contributed by atoms with Gasteiger partial charge in [-0.05, 0) is 22.9 Å². The number of carbonyl (C=O) groups is 1. The van der Waals surface area contributed by atoms with Crippen LogP contribution in [-0.4, -0.2) is 48.0 Å². The second-order valence-electron chi connectivity index (χ2n) is 3.74. The molecule has 1 amide bonds. The minimum atomic E-state index is -0.346. The summed E-state index contributed by atoms with van der Waals surface area (Å²) in [6.07, 6.45) is 1.63. The first kappa shape index (κ1) is 13.7. The number of likely N-dealkylation sites (N-methyl/N-ethyl adjacent to an activating group) is 1. The van der Waals surface area contributed by atoms with E-state index in [1.807, 2.05) is 0 Å². The van der Waals surface area contributed by atoms with Crippen molar-refractivity contribution in [3.05, 3.63) is 10.7 Å². The molecule has 94 valence electrons. The molecule has 1 aromatic heterocycles. The van der Waals surface area contributed by atoms with Gasteiger partial charge >= 0.3 is 0 Å². The Balaban J connectivity index is 2.83. The Labute approximate surface area is 109 Å². The largest absolute Gasteiger partial charge is 0.358 e. The molecule has 1 atom stereocenters. The van der Waals surface area contributed by atoms with Gasteiger partial charge in [0.05, 0.1) is 4.47 Å². The van der Waals surface area contributed by atoms with Crippen molar-refractivity contribution in [2.45, 2.75) is 13.0 Å². The highest BCUT2D eigenvalue weighted by Crippen LogP contribution is 2.20. The van der Waals surface area contributed by atoms with Crippen molar-refractivity contribution in [1.29, 1.82) is 0 Å². The first-order chi connectivity index (χ1) is 7.95. The molecule has 7 heteroatoms. The molecule has 0 saturated carbocycles. The maximum atomic E-state index is 11.7. The Morgan fingerprint density at radius 2 is 2.18 bits per heavy atom. The average Bonchev–Trinajstić information content (AvgIpc) is 2.30. The van der Waals surface area contributed by atoms with E-state index < -0.39 is 0 Å². The topological polar surface area (TPSA) is 70.2 Å². The van der Waals surface area contributed by atoms with Gasteiger partial charge in [0.1, 0.15) is 11.9 Å². The van der Waals surface area contributed by atoms with Gasteiger partial charge in [-0.15, -0.1) is 0 Å². The monoisotopic (exact) mass is 301 g/mol. The molecule has 0 aliphatic heterocycles. The number of hydrogen-bond acceptors (Lipinski definition) is 5. The van der Waals surface area contributed by atoms with Crippen LogP contribution in [-0.2, 0) is 4.79 Å². The van der Waals surface area contributed by atoms with Gasteiger partial charge in [0.15, 0.2) is 0 Å². The Hall–Kier alpha value is -1.37. The highest BCUT2D eigenvalue weighted by atomic mass is 79.9. The van der Waals surface area contributed by atoms with Gasteiger partial charge in [-0.1, -0.05) is 0 Å². The Bertz CT molecular complexity index is 410. The van der Waals surface area contributed by atoms with E-state index >= 15 is 0 Å². The minimum Gasteiger partial charge on any atom is -0.358 e. The number of carbonyl (C=O) groups excluding carboxylic acids is 1. The zero-order valence-electron chi connectivity index (χ0n) is 10.3. The maximum Gasteiger partial charge on any atom is 0.244 e. The van der Waals surface area contributed by atoms with Crippen LogP contribution in [0.4, 0.5) is 11.8 Å². The van der Waals surface area contributed by atoms with Crippen LogP contribution < -0.4 is 10.6 Å². The molecule has 17 heavy (non-hydrogen) atoms. The molecule has 1 heterocycles. The molecule has 0 spiro atoms. The number of nitrogens with one attached hydrogen (secondary N) is 2. The summed E-state index contributed by atoms with van der Waals surface area (Å²) in [7, 11) is 5.17. The molecule has 1 aromatic rings. The summed E-state index contributed by atoms with van der Waals surface area (Å²) >= 11 is 3.33. The maximum absolute atomic E-state index is 11.7. The summed E-state index contributed by atoms with van der Waals surface area (Å²) < 4.78 is 0.718. The normalized spacial score (nSPS) is 11.8. The Morgan fingerprint density at radius 1 is 1.53 bits per heavy atom. The van der Waals surface area contributed by atoms with Crippen molar-refractivity contribution in [2.24, 2.45) is 0 Å². The molecule has 0 aliphatic carbocycles. The van der Waals surface area contributed by atoms with Gasteiger partial charge in [0.2, 0.25) is 11.9 Å². The number of anilines is 2. The molecule has 6 nitrogen and oxygen atoms in total. The smallest absolute Gasteiger partial charge is 0.244 e. The van der Waals surface area contributed by atoms with Crippen LogP contribution in [0.5, 0.6) is 0 Å². The molecule has 0 saturated heterocycles. The third-order valence-electron chi connectivity index (χ3n) is 2.13. The fourth-order valence-electron chi connectivity index (χ4n) is 1.24. The zero-order chi connectivity index (χ0) is 13.0. The summed E-state index contributed by atoms with van der Waals surface area (Å²) in [6, 6.07) is -0.346. The number of amides is 1. The fourth-order valence-corrected chi connectivity index (χ4v) is 1.55. The molecular weight excluding hydrogens is 286 g/mol. The predicted molar refractivity (Wildman–Crippen MR) is 71.1 cm³/mol. The van der Waals surface area contributed by atoms with E-state index in [0.717, 1.165) is 4.47 Å².